The van der Waals surface area contributed by atoms with Crippen LogP contribution < -0.4 is 10.1 Å². The molecule has 1 aromatic carbocycles. The molecular weight excluding hydrogens is 420 g/mol. The highest BCUT2D eigenvalue weighted by Crippen LogP contribution is 2.28. The molecule has 1 amide bonds. The molecule has 33 heavy (non-hydrogen) atoms. The van der Waals surface area contributed by atoms with Gasteiger partial charge < -0.3 is 14.8 Å². The number of carbonyl (C=O) groups is 1. The van der Waals surface area contributed by atoms with Crippen molar-refractivity contribution in [3.8, 4) is 5.75 Å². The van der Waals surface area contributed by atoms with Crippen molar-refractivity contribution < 1.29 is 14.3 Å². The van der Waals surface area contributed by atoms with E-state index >= 15 is 0 Å². The lowest BCUT2D eigenvalue weighted by molar-refractivity contribution is -0.00218. The number of pyridine rings is 1. The van der Waals surface area contributed by atoms with E-state index in [1.807, 2.05) is 28.9 Å². The maximum atomic E-state index is 12.4. The van der Waals surface area contributed by atoms with Crippen LogP contribution in [0.1, 0.15) is 46.3 Å². The number of benzene rings is 1. The van der Waals surface area contributed by atoms with Crippen molar-refractivity contribution in [2.45, 2.75) is 44.7 Å². The first-order valence-electron chi connectivity index (χ1n) is 11.3. The van der Waals surface area contributed by atoms with Crippen LogP contribution in [0.2, 0.25) is 0 Å². The van der Waals surface area contributed by atoms with Crippen molar-refractivity contribution in [1.29, 1.82) is 0 Å². The highest BCUT2D eigenvalue weighted by atomic mass is 16.5. The molecule has 1 fully saturated rings. The molecule has 2 aliphatic heterocycles. The fraction of sp³-hybridized carbons (Fsp3) is 0.417. The van der Waals surface area contributed by atoms with Crippen molar-refractivity contribution >= 4 is 5.91 Å². The van der Waals surface area contributed by atoms with Crippen molar-refractivity contribution in [1.82, 2.24) is 30.2 Å². The Balaban J connectivity index is 1.14. The summed E-state index contributed by atoms with van der Waals surface area (Å²) in [5.74, 6) is 0.797. The van der Waals surface area contributed by atoms with Gasteiger partial charge in [0.25, 0.3) is 5.91 Å². The molecule has 172 valence electrons. The van der Waals surface area contributed by atoms with Crippen LogP contribution in [0.4, 0.5) is 0 Å². The van der Waals surface area contributed by atoms with E-state index in [0.717, 1.165) is 55.2 Å². The average molecular weight is 449 g/mol. The van der Waals surface area contributed by atoms with Crippen LogP contribution in [0.25, 0.3) is 0 Å². The number of ether oxygens (including phenoxy) is 2. The molecule has 0 bridgehead atoms. The predicted molar refractivity (Wildman–Crippen MR) is 121 cm³/mol. The number of methoxy groups -OCH3 is 1. The van der Waals surface area contributed by atoms with Crippen LogP contribution in [0.15, 0.2) is 48.8 Å². The molecule has 0 aliphatic carbocycles. The molecule has 4 heterocycles. The quantitative estimate of drug-likeness (QED) is 0.619. The molecule has 2 aliphatic rings. The third-order valence-electron chi connectivity index (χ3n) is 6.40. The Bertz CT molecular complexity index is 1080. The first-order chi connectivity index (χ1) is 16.2. The van der Waals surface area contributed by atoms with Crippen LogP contribution in [-0.4, -0.2) is 57.0 Å². The van der Waals surface area contributed by atoms with Crippen LogP contribution >= 0.6 is 0 Å². The minimum atomic E-state index is -0.0438. The van der Waals surface area contributed by atoms with Gasteiger partial charge in [-0.3, -0.25) is 14.7 Å². The van der Waals surface area contributed by atoms with E-state index in [4.69, 9.17) is 9.47 Å². The van der Waals surface area contributed by atoms with Gasteiger partial charge in [-0.25, -0.2) is 4.68 Å². The van der Waals surface area contributed by atoms with Gasteiger partial charge in [-0.15, -0.1) is 5.10 Å². The Morgan fingerprint density at radius 1 is 1.15 bits per heavy atom. The SMILES string of the molecule is COc1ccc(C2Cn3nnc(CN4CCC(NC(=O)c5ccncc5)CC4)c3CO2)cc1. The summed E-state index contributed by atoms with van der Waals surface area (Å²) in [4.78, 5) is 18.7. The lowest BCUT2D eigenvalue weighted by atomic mass is 10.0. The number of carbonyl (C=O) groups excluding carboxylic acids is 1. The first kappa shape index (κ1) is 21.5. The summed E-state index contributed by atoms with van der Waals surface area (Å²) in [6, 6.07) is 11.6. The Morgan fingerprint density at radius 2 is 1.91 bits per heavy atom. The van der Waals surface area contributed by atoms with Crippen LogP contribution in [0.5, 0.6) is 5.75 Å². The summed E-state index contributed by atoms with van der Waals surface area (Å²) < 4.78 is 13.3. The molecule has 1 unspecified atom stereocenters. The first-order valence-corrected chi connectivity index (χ1v) is 11.3. The van der Waals surface area contributed by atoms with Crippen LogP contribution in [0, 0.1) is 0 Å². The minimum absolute atomic E-state index is 0.0354. The van der Waals surface area contributed by atoms with E-state index in [1.165, 1.54) is 0 Å². The van der Waals surface area contributed by atoms with Gasteiger partial charge in [0, 0.05) is 43.6 Å². The number of hydrogen-bond donors (Lipinski definition) is 1. The van der Waals surface area contributed by atoms with Gasteiger partial charge in [0.1, 0.15) is 17.5 Å². The topological polar surface area (TPSA) is 94.4 Å². The van der Waals surface area contributed by atoms with Crippen molar-refractivity contribution in [3.05, 3.63) is 71.3 Å². The Labute approximate surface area is 192 Å². The lowest BCUT2D eigenvalue weighted by Gasteiger charge is -2.32. The van der Waals surface area contributed by atoms with E-state index in [1.54, 1.807) is 31.6 Å². The Morgan fingerprint density at radius 3 is 2.64 bits per heavy atom. The molecule has 1 atom stereocenters. The number of piperidine rings is 1. The largest absolute Gasteiger partial charge is 0.497 e. The van der Waals surface area contributed by atoms with Crippen molar-refractivity contribution in [2.75, 3.05) is 20.2 Å². The molecule has 1 N–H and O–H groups in total. The maximum absolute atomic E-state index is 12.4. The van der Waals surface area contributed by atoms with Gasteiger partial charge in [-0.2, -0.15) is 0 Å². The Hall–Kier alpha value is -3.30. The van der Waals surface area contributed by atoms with Gasteiger partial charge in [-0.05, 0) is 42.7 Å². The van der Waals surface area contributed by atoms with Gasteiger partial charge in [0.2, 0.25) is 0 Å². The molecule has 2 aromatic heterocycles. The Kier molecular flexibility index (Phi) is 6.32. The number of nitrogens with one attached hydrogen (secondary N) is 1. The fourth-order valence-corrected chi connectivity index (χ4v) is 4.42. The number of rotatable bonds is 6. The number of amides is 1. The molecule has 3 aromatic rings. The molecule has 9 nitrogen and oxygen atoms in total. The smallest absolute Gasteiger partial charge is 0.251 e. The van der Waals surface area contributed by atoms with Crippen molar-refractivity contribution in [2.24, 2.45) is 0 Å². The number of nitrogens with zero attached hydrogens (tertiary/aromatic N) is 5. The molecule has 9 heteroatoms. The summed E-state index contributed by atoms with van der Waals surface area (Å²) in [6.07, 6.45) is 5.06. The molecule has 0 spiro atoms. The summed E-state index contributed by atoms with van der Waals surface area (Å²) >= 11 is 0. The number of hydrogen-bond acceptors (Lipinski definition) is 7. The molecular formula is C24H28N6O3. The summed E-state index contributed by atoms with van der Waals surface area (Å²) in [5.41, 5.74) is 3.78. The van der Waals surface area contributed by atoms with Crippen molar-refractivity contribution in [3.63, 3.8) is 0 Å². The van der Waals surface area contributed by atoms with E-state index in [-0.39, 0.29) is 18.1 Å². The third kappa shape index (κ3) is 4.89. The van der Waals surface area contributed by atoms with E-state index in [9.17, 15) is 4.79 Å². The van der Waals surface area contributed by atoms with Gasteiger partial charge >= 0.3 is 0 Å². The average Bonchev–Trinajstić information content (AvgIpc) is 3.27. The summed E-state index contributed by atoms with van der Waals surface area (Å²) in [6.45, 7) is 3.71. The molecule has 0 saturated carbocycles. The molecule has 0 radical (unpaired) electrons. The normalized spacial score (nSPS) is 19.1. The zero-order chi connectivity index (χ0) is 22.6. The fourth-order valence-electron chi connectivity index (χ4n) is 4.42. The lowest BCUT2D eigenvalue weighted by Crippen LogP contribution is -2.44. The molecule has 1 saturated heterocycles. The second kappa shape index (κ2) is 9.68. The maximum Gasteiger partial charge on any atom is 0.251 e. The molecule has 5 rings (SSSR count). The standard InChI is InChI=1S/C24H28N6O3/c1-32-20-4-2-17(3-5-20)23-15-30-22(16-33-23)21(27-28-30)14-29-12-8-19(9-13-29)26-24(31)18-6-10-25-11-7-18/h2-7,10-11,19,23H,8-9,12-16H2,1H3,(H,26,31). The van der Waals surface area contributed by atoms with Gasteiger partial charge in [0.15, 0.2) is 0 Å². The number of aromatic nitrogens is 4. The predicted octanol–water partition coefficient (Wildman–Crippen LogP) is 2.35. The second-order valence-electron chi connectivity index (χ2n) is 8.50. The van der Waals surface area contributed by atoms with Crippen LogP contribution in [-0.2, 0) is 24.4 Å². The van der Waals surface area contributed by atoms with E-state index in [0.29, 0.717) is 18.7 Å². The highest BCUT2D eigenvalue weighted by molar-refractivity contribution is 5.94. The van der Waals surface area contributed by atoms with Crippen LogP contribution in [0.3, 0.4) is 0 Å². The highest BCUT2D eigenvalue weighted by Gasteiger charge is 2.27. The monoisotopic (exact) mass is 448 g/mol. The number of fused-ring (bicyclic) bond motifs is 1. The minimum Gasteiger partial charge on any atom is -0.497 e. The zero-order valence-electron chi connectivity index (χ0n) is 18.7. The third-order valence-corrected chi connectivity index (χ3v) is 6.40. The van der Waals surface area contributed by atoms with E-state index < -0.39 is 0 Å². The van der Waals surface area contributed by atoms with Gasteiger partial charge in [0.05, 0.1) is 26.0 Å². The zero-order valence-corrected chi connectivity index (χ0v) is 18.7. The second-order valence-corrected chi connectivity index (χ2v) is 8.50. The number of likely N-dealkylation sites (tertiary alicyclic amines) is 1. The van der Waals surface area contributed by atoms with E-state index in [2.05, 4.69) is 25.5 Å². The van der Waals surface area contributed by atoms with Gasteiger partial charge in [-0.1, -0.05) is 17.3 Å². The summed E-state index contributed by atoms with van der Waals surface area (Å²) in [7, 11) is 1.66. The summed E-state index contributed by atoms with van der Waals surface area (Å²) in [5, 5.41) is 12.0.